The SMILES string of the molecule is Cc1ccc(F)c(CNc2cc(C)c(O)cc2C)c1. The summed E-state index contributed by atoms with van der Waals surface area (Å²) in [6, 6.07) is 8.67. The van der Waals surface area contributed by atoms with E-state index >= 15 is 0 Å². The van der Waals surface area contributed by atoms with Crippen LogP contribution in [-0.4, -0.2) is 5.11 Å². The highest BCUT2D eigenvalue weighted by Crippen LogP contribution is 2.25. The second kappa shape index (κ2) is 5.31. The van der Waals surface area contributed by atoms with Gasteiger partial charge in [-0.15, -0.1) is 0 Å². The summed E-state index contributed by atoms with van der Waals surface area (Å²) in [6.45, 7) is 6.12. The summed E-state index contributed by atoms with van der Waals surface area (Å²) in [7, 11) is 0. The first-order valence-electron chi connectivity index (χ1n) is 6.26. The Labute approximate surface area is 112 Å². The van der Waals surface area contributed by atoms with Crippen LogP contribution in [0.4, 0.5) is 10.1 Å². The number of nitrogens with one attached hydrogen (secondary N) is 1. The van der Waals surface area contributed by atoms with Crippen LogP contribution in [0.15, 0.2) is 30.3 Å². The molecule has 0 aliphatic heterocycles. The molecule has 0 atom stereocenters. The van der Waals surface area contributed by atoms with Crippen LogP contribution >= 0.6 is 0 Å². The Bertz CT molecular complexity index is 608. The maximum atomic E-state index is 13.6. The fourth-order valence-electron chi connectivity index (χ4n) is 2.02. The van der Waals surface area contributed by atoms with E-state index in [0.29, 0.717) is 12.1 Å². The zero-order valence-electron chi connectivity index (χ0n) is 11.4. The van der Waals surface area contributed by atoms with Crippen LogP contribution in [0.2, 0.25) is 0 Å². The Morgan fingerprint density at radius 3 is 2.53 bits per heavy atom. The first-order valence-corrected chi connectivity index (χ1v) is 6.26. The molecular formula is C16H18FNO. The monoisotopic (exact) mass is 259 g/mol. The van der Waals surface area contributed by atoms with E-state index in [4.69, 9.17) is 0 Å². The smallest absolute Gasteiger partial charge is 0.128 e. The normalized spacial score (nSPS) is 10.5. The van der Waals surface area contributed by atoms with Gasteiger partial charge in [0.05, 0.1) is 0 Å². The molecule has 0 aliphatic rings. The minimum Gasteiger partial charge on any atom is -0.508 e. The van der Waals surface area contributed by atoms with Crippen LogP contribution in [0, 0.1) is 26.6 Å². The van der Waals surface area contributed by atoms with Gasteiger partial charge in [-0.1, -0.05) is 17.7 Å². The van der Waals surface area contributed by atoms with Crippen molar-refractivity contribution >= 4 is 5.69 Å². The number of phenolic OH excluding ortho intramolecular Hbond substituents is 1. The van der Waals surface area contributed by atoms with E-state index in [1.54, 1.807) is 12.1 Å². The van der Waals surface area contributed by atoms with E-state index in [9.17, 15) is 9.50 Å². The molecule has 0 aromatic heterocycles. The summed E-state index contributed by atoms with van der Waals surface area (Å²) in [5, 5.41) is 12.8. The Kier molecular flexibility index (Phi) is 3.74. The molecule has 0 aliphatic carbocycles. The van der Waals surface area contributed by atoms with Crippen molar-refractivity contribution in [2.75, 3.05) is 5.32 Å². The van der Waals surface area contributed by atoms with Gasteiger partial charge < -0.3 is 10.4 Å². The molecular weight excluding hydrogens is 241 g/mol. The molecule has 100 valence electrons. The van der Waals surface area contributed by atoms with E-state index in [1.807, 2.05) is 32.9 Å². The summed E-state index contributed by atoms with van der Waals surface area (Å²) in [5.74, 6) is 0.0797. The van der Waals surface area contributed by atoms with Gasteiger partial charge in [-0.05, 0) is 50.1 Å². The van der Waals surface area contributed by atoms with Gasteiger partial charge in [-0.3, -0.25) is 0 Å². The highest BCUT2D eigenvalue weighted by molar-refractivity contribution is 5.56. The number of rotatable bonds is 3. The molecule has 0 fully saturated rings. The zero-order valence-corrected chi connectivity index (χ0v) is 11.4. The number of halogens is 1. The standard InChI is InChI=1S/C16H18FNO/c1-10-4-5-14(17)13(6-10)9-18-15-7-12(3)16(19)8-11(15)2/h4-8,18-19H,9H2,1-3H3. The minimum absolute atomic E-state index is 0.203. The van der Waals surface area contributed by atoms with Crippen molar-refractivity contribution in [2.24, 2.45) is 0 Å². The van der Waals surface area contributed by atoms with Gasteiger partial charge in [0.2, 0.25) is 0 Å². The summed E-state index contributed by atoms with van der Waals surface area (Å²) in [4.78, 5) is 0. The average Bonchev–Trinajstić information content (AvgIpc) is 2.36. The average molecular weight is 259 g/mol. The molecule has 2 nitrogen and oxygen atoms in total. The molecule has 19 heavy (non-hydrogen) atoms. The van der Waals surface area contributed by atoms with Crippen LogP contribution in [0.25, 0.3) is 0 Å². The lowest BCUT2D eigenvalue weighted by Gasteiger charge is -2.12. The molecule has 0 saturated heterocycles. The third-order valence-electron chi connectivity index (χ3n) is 3.21. The molecule has 0 bridgehead atoms. The van der Waals surface area contributed by atoms with Crippen LogP contribution in [-0.2, 0) is 6.54 Å². The Balaban J connectivity index is 2.19. The predicted octanol–water partition coefficient (Wildman–Crippen LogP) is 4.07. The first-order chi connectivity index (χ1) is 8.97. The molecule has 2 aromatic rings. The highest BCUT2D eigenvalue weighted by Gasteiger charge is 2.06. The summed E-state index contributed by atoms with van der Waals surface area (Å²) in [5.41, 5.74) is 4.34. The lowest BCUT2D eigenvalue weighted by Crippen LogP contribution is -2.03. The van der Waals surface area contributed by atoms with Crippen LogP contribution < -0.4 is 5.32 Å². The molecule has 0 saturated carbocycles. The number of anilines is 1. The largest absolute Gasteiger partial charge is 0.508 e. The van der Waals surface area contributed by atoms with Gasteiger partial charge in [0.15, 0.2) is 0 Å². The lowest BCUT2D eigenvalue weighted by atomic mass is 10.1. The van der Waals surface area contributed by atoms with Crippen molar-refractivity contribution in [3.8, 4) is 5.75 Å². The molecule has 0 radical (unpaired) electrons. The van der Waals surface area contributed by atoms with E-state index in [0.717, 1.165) is 22.4 Å². The summed E-state index contributed by atoms with van der Waals surface area (Å²) in [6.07, 6.45) is 0. The molecule has 2 N–H and O–H groups in total. The fraction of sp³-hybridized carbons (Fsp3) is 0.250. The van der Waals surface area contributed by atoms with Crippen molar-refractivity contribution in [2.45, 2.75) is 27.3 Å². The second-order valence-electron chi connectivity index (χ2n) is 4.90. The molecule has 3 heteroatoms. The van der Waals surface area contributed by atoms with Gasteiger partial charge >= 0.3 is 0 Å². The van der Waals surface area contributed by atoms with Gasteiger partial charge in [-0.2, -0.15) is 0 Å². The number of hydrogen-bond acceptors (Lipinski definition) is 2. The molecule has 0 spiro atoms. The van der Waals surface area contributed by atoms with Crippen molar-refractivity contribution in [1.29, 1.82) is 0 Å². The topological polar surface area (TPSA) is 32.3 Å². The van der Waals surface area contributed by atoms with Gasteiger partial charge in [0.1, 0.15) is 11.6 Å². The van der Waals surface area contributed by atoms with Crippen LogP contribution in [0.3, 0.4) is 0 Å². The number of aromatic hydroxyl groups is 1. The first kappa shape index (κ1) is 13.4. The summed E-state index contributed by atoms with van der Waals surface area (Å²) < 4.78 is 13.6. The minimum atomic E-state index is -0.203. The second-order valence-corrected chi connectivity index (χ2v) is 4.90. The highest BCUT2D eigenvalue weighted by atomic mass is 19.1. The lowest BCUT2D eigenvalue weighted by molar-refractivity contribution is 0.471. The van der Waals surface area contributed by atoms with E-state index < -0.39 is 0 Å². The van der Waals surface area contributed by atoms with Gasteiger partial charge in [0, 0.05) is 17.8 Å². The van der Waals surface area contributed by atoms with E-state index in [2.05, 4.69) is 5.32 Å². The van der Waals surface area contributed by atoms with Crippen molar-refractivity contribution in [3.05, 3.63) is 58.4 Å². The van der Waals surface area contributed by atoms with Crippen molar-refractivity contribution in [1.82, 2.24) is 0 Å². The van der Waals surface area contributed by atoms with Crippen molar-refractivity contribution in [3.63, 3.8) is 0 Å². The van der Waals surface area contributed by atoms with E-state index in [1.165, 1.54) is 6.07 Å². The summed E-state index contributed by atoms with van der Waals surface area (Å²) >= 11 is 0. The maximum Gasteiger partial charge on any atom is 0.128 e. The number of aryl methyl sites for hydroxylation is 3. The number of phenols is 1. The van der Waals surface area contributed by atoms with Crippen LogP contribution in [0.1, 0.15) is 22.3 Å². The molecule has 2 aromatic carbocycles. The molecule has 0 heterocycles. The number of benzene rings is 2. The third kappa shape index (κ3) is 3.05. The molecule has 2 rings (SSSR count). The maximum absolute atomic E-state index is 13.6. The fourth-order valence-corrected chi connectivity index (χ4v) is 2.02. The third-order valence-corrected chi connectivity index (χ3v) is 3.21. The number of hydrogen-bond donors (Lipinski definition) is 2. The zero-order chi connectivity index (χ0) is 14.0. The van der Waals surface area contributed by atoms with E-state index in [-0.39, 0.29) is 11.6 Å². The van der Waals surface area contributed by atoms with Gasteiger partial charge in [-0.25, -0.2) is 4.39 Å². The predicted molar refractivity (Wildman–Crippen MR) is 76.0 cm³/mol. The Morgan fingerprint density at radius 2 is 1.79 bits per heavy atom. The van der Waals surface area contributed by atoms with Gasteiger partial charge in [0.25, 0.3) is 0 Å². The Hall–Kier alpha value is -2.03. The quantitative estimate of drug-likeness (QED) is 0.814. The molecule has 0 amide bonds. The Morgan fingerprint density at radius 1 is 1.05 bits per heavy atom. The van der Waals surface area contributed by atoms with Crippen molar-refractivity contribution < 1.29 is 9.50 Å². The molecule has 0 unspecified atom stereocenters. The van der Waals surface area contributed by atoms with Crippen LogP contribution in [0.5, 0.6) is 5.75 Å².